The third kappa shape index (κ3) is 7.19. The standard InChI is InChI=1S/C23H42O/c1-3-5-7-8-11-20-14-16-21(17-15-20)22-12-10-13-23(19-22)24-18-9-6-4-2/h9,18,20-23H,3-8,10-17,19H2,1-2H3/t20?,21?,22-,23-/m1/s1. The molecule has 24 heavy (non-hydrogen) atoms. The Labute approximate surface area is 151 Å². The summed E-state index contributed by atoms with van der Waals surface area (Å²) < 4.78 is 6.02. The molecule has 0 N–H and O–H groups in total. The van der Waals surface area contributed by atoms with Crippen LogP contribution in [-0.2, 0) is 4.74 Å². The summed E-state index contributed by atoms with van der Waals surface area (Å²) in [6, 6.07) is 0. The third-order valence-corrected chi connectivity index (χ3v) is 6.51. The van der Waals surface area contributed by atoms with Crippen molar-refractivity contribution < 1.29 is 4.74 Å². The van der Waals surface area contributed by atoms with Gasteiger partial charge in [0.15, 0.2) is 0 Å². The summed E-state index contributed by atoms with van der Waals surface area (Å²) in [5, 5.41) is 0. The van der Waals surface area contributed by atoms with Crippen LogP contribution in [0.4, 0.5) is 0 Å². The molecule has 1 nitrogen and oxygen atoms in total. The number of hydrogen-bond donors (Lipinski definition) is 0. The van der Waals surface area contributed by atoms with Crippen LogP contribution in [-0.4, -0.2) is 6.10 Å². The summed E-state index contributed by atoms with van der Waals surface area (Å²) in [4.78, 5) is 0. The Morgan fingerprint density at radius 1 is 0.833 bits per heavy atom. The van der Waals surface area contributed by atoms with Crippen molar-refractivity contribution in [3.63, 3.8) is 0 Å². The molecule has 0 heterocycles. The molecule has 0 aliphatic heterocycles. The van der Waals surface area contributed by atoms with E-state index >= 15 is 0 Å². The van der Waals surface area contributed by atoms with Gasteiger partial charge in [-0.1, -0.05) is 65.2 Å². The van der Waals surface area contributed by atoms with Crippen molar-refractivity contribution in [2.24, 2.45) is 17.8 Å². The molecule has 0 aromatic carbocycles. The van der Waals surface area contributed by atoms with Gasteiger partial charge < -0.3 is 4.74 Å². The molecule has 2 rings (SSSR count). The fourth-order valence-electron chi connectivity index (χ4n) is 4.94. The van der Waals surface area contributed by atoms with E-state index in [2.05, 4.69) is 19.9 Å². The van der Waals surface area contributed by atoms with Gasteiger partial charge >= 0.3 is 0 Å². The largest absolute Gasteiger partial charge is 0.498 e. The molecular weight excluding hydrogens is 292 g/mol. The monoisotopic (exact) mass is 334 g/mol. The van der Waals surface area contributed by atoms with Crippen LogP contribution in [0.3, 0.4) is 0 Å². The van der Waals surface area contributed by atoms with Crippen LogP contribution in [0.2, 0.25) is 0 Å². The second-order valence-corrected chi connectivity index (χ2v) is 8.48. The Balaban J connectivity index is 1.64. The molecule has 2 aliphatic carbocycles. The maximum absolute atomic E-state index is 6.02. The van der Waals surface area contributed by atoms with Crippen molar-refractivity contribution in [1.29, 1.82) is 0 Å². The minimum Gasteiger partial charge on any atom is -0.498 e. The van der Waals surface area contributed by atoms with Crippen LogP contribution >= 0.6 is 0 Å². The van der Waals surface area contributed by atoms with Crippen molar-refractivity contribution in [2.45, 2.75) is 116 Å². The lowest BCUT2D eigenvalue weighted by Gasteiger charge is -2.38. The van der Waals surface area contributed by atoms with E-state index in [4.69, 9.17) is 4.74 Å². The zero-order valence-corrected chi connectivity index (χ0v) is 16.5. The second kappa shape index (κ2) is 12.0. The van der Waals surface area contributed by atoms with Gasteiger partial charge in [-0.05, 0) is 68.8 Å². The molecular formula is C23H42O. The Hall–Kier alpha value is -0.460. The summed E-state index contributed by atoms with van der Waals surface area (Å²) in [5.41, 5.74) is 0. The van der Waals surface area contributed by atoms with Crippen molar-refractivity contribution >= 4 is 0 Å². The van der Waals surface area contributed by atoms with Crippen LogP contribution < -0.4 is 0 Å². The van der Waals surface area contributed by atoms with E-state index in [-0.39, 0.29) is 0 Å². The normalized spacial score (nSPS) is 31.4. The number of rotatable bonds is 10. The quantitative estimate of drug-likeness (QED) is 0.294. The maximum atomic E-state index is 6.02. The molecule has 0 amide bonds. The molecule has 0 bridgehead atoms. The summed E-state index contributed by atoms with van der Waals surface area (Å²) >= 11 is 0. The van der Waals surface area contributed by atoms with Crippen LogP contribution in [0, 0.1) is 17.8 Å². The molecule has 0 aromatic rings. The highest BCUT2D eigenvalue weighted by Gasteiger charge is 2.31. The summed E-state index contributed by atoms with van der Waals surface area (Å²) in [6.07, 6.45) is 25.8. The van der Waals surface area contributed by atoms with E-state index in [1.165, 1.54) is 89.9 Å². The van der Waals surface area contributed by atoms with Gasteiger partial charge in [0.1, 0.15) is 0 Å². The lowest BCUT2D eigenvalue weighted by atomic mass is 9.70. The zero-order valence-electron chi connectivity index (χ0n) is 16.5. The van der Waals surface area contributed by atoms with Crippen LogP contribution in [0.25, 0.3) is 0 Å². The Kier molecular flexibility index (Phi) is 9.92. The van der Waals surface area contributed by atoms with E-state index in [1.807, 2.05) is 6.26 Å². The number of hydrogen-bond acceptors (Lipinski definition) is 1. The number of unbranched alkanes of at least 4 members (excludes halogenated alkanes) is 4. The van der Waals surface area contributed by atoms with E-state index in [1.54, 1.807) is 0 Å². The highest BCUT2D eigenvalue weighted by atomic mass is 16.5. The van der Waals surface area contributed by atoms with Crippen molar-refractivity contribution in [1.82, 2.24) is 0 Å². The molecule has 2 fully saturated rings. The molecule has 2 saturated carbocycles. The van der Waals surface area contributed by atoms with Gasteiger partial charge in [0, 0.05) is 0 Å². The lowest BCUT2D eigenvalue weighted by molar-refractivity contribution is 0.0510. The topological polar surface area (TPSA) is 9.23 Å². The van der Waals surface area contributed by atoms with Gasteiger partial charge in [0.25, 0.3) is 0 Å². The first-order valence-electron chi connectivity index (χ1n) is 11.1. The first kappa shape index (κ1) is 19.9. The van der Waals surface area contributed by atoms with Crippen molar-refractivity contribution in [2.75, 3.05) is 0 Å². The smallest absolute Gasteiger partial charge is 0.0981 e. The van der Waals surface area contributed by atoms with Crippen molar-refractivity contribution in [3.05, 3.63) is 12.3 Å². The van der Waals surface area contributed by atoms with Gasteiger partial charge in [-0.15, -0.1) is 0 Å². The predicted molar refractivity (Wildman–Crippen MR) is 105 cm³/mol. The fourth-order valence-corrected chi connectivity index (χ4v) is 4.94. The van der Waals surface area contributed by atoms with Gasteiger partial charge in [0.2, 0.25) is 0 Å². The SMILES string of the molecule is CCCC=CO[C@@H]1CCC[C@@H](C2CCC(CCCCCC)CC2)C1. The lowest BCUT2D eigenvalue weighted by Crippen LogP contribution is -2.29. The molecule has 0 unspecified atom stereocenters. The second-order valence-electron chi connectivity index (χ2n) is 8.48. The molecule has 0 saturated heterocycles. The molecule has 140 valence electrons. The number of allylic oxidation sites excluding steroid dienone is 1. The van der Waals surface area contributed by atoms with Crippen LogP contribution in [0.5, 0.6) is 0 Å². The molecule has 0 radical (unpaired) electrons. The van der Waals surface area contributed by atoms with Gasteiger partial charge in [0.05, 0.1) is 12.4 Å². The average molecular weight is 335 g/mol. The molecule has 0 spiro atoms. The highest BCUT2D eigenvalue weighted by molar-refractivity contribution is 4.84. The van der Waals surface area contributed by atoms with Crippen LogP contribution in [0.15, 0.2) is 12.3 Å². The minimum atomic E-state index is 0.503. The van der Waals surface area contributed by atoms with Crippen molar-refractivity contribution in [3.8, 4) is 0 Å². The van der Waals surface area contributed by atoms with Gasteiger partial charge in [-0.25, -0.2) is 0 Å². The molecule has 2 atom stereocenters. The predicted octanol–water partition coefficient (Wildman–Crippen LogP) is 7.65. The van der Waals surface area contributed by atoms with E-state index in [0.717, 1.165) is 24.2 Å². The van der Waals surface area contributed by atoms with Gasteiger partial charge in [-0.3, -0.25) is 0 Å². The Bertz CT molecular complexity index is 327. The minimum absolute atomic E-state index is 0.503. The van der Waals surface area contributed by atoms with E-state index in [0.29, 0.717) is 6.10 Å². The molecule has 2 aliphatic rings. The fraction of sp³-hybridized carbons (Fsp3) is 0.913. The van der Waals surface area contributed by atoms with E-state index in [9.17, 15) is 0 Å². The maximum Gasteiger partial charge on any atom is 0.0981 e. The molecule has 0 aromatic heterocycles. The Morgan fingerprint density at radius 2 is 1.67 bits per heavy atom. The first-order chi connectivity index (χ1) is 11.8. The third-order valence-electron chi connectivity index (χ3n) is 6.51. The van der Waals surface area contributed by atoms with Gasteiger partial charge in [-0.2, -0.15) is 0 Å². The van der Waals surface area contributed by atoms with E-state index < -0.39 is 0 Å². The summed E-state index contributed by atoms with van der Waals surface area (Å²) in [5.74, 6) is 3.00. The highest BCUT2D eigenvalue weighted by Crippen LogP contribution is 2.41. The van der Waals surface area contributed by atoms with Crippen LogP contribution in [0.1, 0.15) is 110 Å². The summed E-state index contributed by atoms with van der Waals surface area (Å²) in [7, 11) is 0. The zero-order chi connectivity index (χ0) is 17.0. The molecule has 1 heteroatoms. The first-order valence-corrected chi connectivity index (χ1v) is 11.1. The summed E-state index contributed by atoms with van der Waals surface area (Å²) in [6.45, 7) is 4.53. The Morgan fingerprint density at radius 3 is 2.42 bits per heavy atom. The number of ether oxygens (including phenoxy) is 1. The average Bonchev–Trinajstić information content (AvgIpc) is 2.63.